The van der Waals surface area contributed by atoms with Crippen molar-refractivity contribution in [2.75, 3.05) is 13.1 Å². The van der Waals surface area contributed by atoms with Gasteiger partial charge in [-0.15, -0.1) is 0 Å². The Morgan fingerprint density at radius 3 is 2.59 bits per heavy atom. The van der Waals surface area contributed by atoms with Crippen LogP contribution in [-0.2, 0) is 10.0 Å². The summed E-state index contributed by atoms with van der Waals surface area (Å²) in [7, 11) is -3.58. The Balaban J connectivity index is 1.87. The van der Waals surface area contributed by atoms with E-state index in [1.807, 2.05) is 13.8 Å². The number of aryl methyl sites for hydroxylation is 1. The molecule has 160 valence electrons. The Hall–Kier alpha value is -1.86. The molecule has 0 atom stereocenters. The first-order valence-electron chi connectivity index (χ1n) is 10.7. The molecule has 1 aliphatic rings. The van der Waals surface area contributed by atoms with Crippen LogP contribution in [-0.4, -0.2) is 37.8 Å². The minimum absolute atomic E-state index is 0.201. The number of unbranched alkanes of at least 4 members (excludes halogenated alkanes) is 2. The van der Waals surface area contributed by atoms with Crippen molar-refractivity contribution in [1.82, 2.24) is 9.62 Å². The van der Waals surface area contributed by atoms with Crippen LogP contribution in [0, 0.1) is 6.92 Å². The van der Waals surface area contributed by atoms with Gasteiger partial charge in [0.05, 0.1) is 4.90 Å². The van der Waals surface area contributed by atoms with Crippen molar-refractivity contribution in [3.05, 3.63) is 29.5 Å². The highest BCUT2D eigenvalue weighted by atomic mass is 32.2. The molecule has 1 saturated carbocycles. The Labute approximate surface area is 173 Å². The van der Waals surface area contributed by atoms with E-state index in [-0.39, 0.29) is 22.6 Å². The van der Waals surface area contributed by atoms with Crippen LogP contribution in [0.2, 0.25) is 0 Å². The van der Waals surface area contributed by atoms with Crippen molar-refractivity contribution in [2.45, 2.75) is 76.7 Å². The number of furan rings is 1. The SMILES string of the molecule is CCCCCN(CC)S(=O)(=O)c1ccc2oc(C(=O)NC3CCCC3)c(C)c2c1. The largest absolute Gasteiger partial charge is 0.451 e. The number of nitrogens with one attached hydrogen (secondary N) is 1. The molecule has 1 amide bonds. The fraction of sp³-hybridized carbons (Fsp3) is 0.591. The van der Waals surface area contributed by atoms with Crippen molar-refractivity contribution in [3.63, 3.8) is 0 Å². The molecule has 3 rings (SSSR count). The first-order chi connectivity index (χ1) is 13.9. The highest BCUT2D eigenvalue weighted by Gasteiger charge is 2.26. The Morgan fingerprint density at radius 1 is 1.21 bits per heavy atom. The van der Waals surface area contributed by atoms with E-state index in [4.69, 9.17) is 4.42 Å². The highest BCUT2D eigenvalue weighted by molar-refractivity contribution is 7.89. The van der Waals surface area contributed by atoms with E-state index in [2.05, 4.69) is 12.2 Å². The van der Waals surface area contributed by atoms with Crippen LogP contribution in [0.4, 0.5) is 0 Å². The number of amides is 1. The third kappa shape index (κ3) is 4.67. The summed E-state index contributed by atoms with van der Waals surface area (Å²) in [6.07, 6.45) is 7.17. The number of rotatable bonds is 9. The molecule has 0 bridgehead atoms. The smallest absolute Gasteiger partial charge is 0.287 e. The summed E-state index contributed by atoms with van der Waals surface area (Å²) in [5.74, 6) is 0.0569. The number of hydrogen-bond donors (Lipinski definition) is 1. The topological polar surface area (TPSA) is 79.6 Å². The summed E-state index contributed by atoms with van der Waals surface area (Å²) in [5.41, 5.74) is 1.22. The van der Waals surface area contributed by atoms with E-state index >= 15 is 0 Å². The fourth-order valence-corrected chi connectivity index (χ4v) is 5.55. The van der Waals surface area contributed by atoms with Crippen LogP contribution in [0.5, 0.6) is 0 Å². The predicted molar refractivity (Wildman–Crippen MR) is 115 cm³/mol. The Kier molecular flexibility index (Phi) is 7.01. The van der Waals surface area contributed by atoms with Crippen LogP contribution < -0.4 is 5.32 Å². The van der Waals surface area contributed by atoms with Gasteiger partial charge in [0.25, 0.3) is 5.91 Å². The molecule has 1 aromatic carbocycles. The maximum atomic E-state index is 13.1. The molecule has 6 nitrogen and oxygen atoms in total. The standard InChI is InChI=1S/C22H32N2O4S/c1-4-6-9-14-24(5-2)29(26,27)18-12-13-20-19(15-18)16(3)21(28-20)22(25)23-17-10-7-8-11-17/h12-13,15,17H,4-11,14H2,1-3H3,(H,23,25). The summed E-state index contributed by atoms with van der Waals surface area (Å²) in [6, 6.07) is 5.06. The van der Waals surface area contributed by atoms with Gasteiger partial charge in [0.2, 0.25) is 10.0 Å². The van der Waals surface area contributed by atoms with Gasteiger partial charge in [0, 0.05) is 30.1 Å². The number of fused-ring (bicyclic) bond motifs is 1. The zero-order chi connectivity index (χ0) is 21.0. The minimum atomic E-state index is -3.58. The van der Waals surface area contributed by atoms with Gasteiger partial charge in [-0.2, -0.15) is 4.31 Å². The summed E-state index contributed by atoms with van der Waals surface area (Å²) < 4.78 is 33.5. The lowest BCUT2D eigenvalue weighted by molar-refractivity contribution is 0.0911. The van der Waals surface area contributed by atoms with E-state index in [9.17, 15) is 13.2 Å². The number of hydrogen-bond acceptors (Lipinski definition) is 4. The maximum absolute atomic E-state index is 13.1. The number of sulfonamides is 1. The summed E-state index contributed by atoms with van der Waals surface area (Å²) >= 11 is 0. The molecule has 1 heterocycles. The monoisotopic (exact) mass is 420 g/mol. The van der Waals surface area contributed by atoms with Crippen LogP contribution in [0.3, 0.4) is 0 Å². The van der Waals surface area contributed by atoms with Crippen LogP contribution in [0.1, 0.15) is 74.9 Å². The quantitative estimate of drug-likeness (QED) is 0.601. The molecule has 0 saturated heterocycles. The van der Waals surface area contributed by atoms with E-state index in [1.54, 1.807) is 18.2 Å². The van der Waals surface area contributed by atoms with E-state index in [0.29, 0.717) is 29.6 Å². The van der Waals surface area contributed by atoms with E-state index < -0.39 is 10.0 Å². The Morgan fingerprint density at radius 2 is 1.93 bits per heavy atom. The summed E-state index contributed by atoms with van der Waals surface area (Å²) in [4.78, 5) is 12.9. The van der Waals surface area contributed by atoms with Gasteiger partial charge in [0.15, 0.2) is 5.76 Å². The summed E-state index contributed by atoms with van der Waals surface area (Å²) in [5, 5.41) is 3.71. The first-order valence-corrected chi connectivity index (χ1v) is 12.2. The zero-order valence-electron chi connectivity index (χ0n) is 17.7. The molecule has 7 heteroatoms. The molecule has 0 spiro atoms. The van der Waals surface area contributed by atoms with Gasteiger partial charge in [-0.25, -0.2) is 8.42 Å². The third-order valence-corrected chi connectivity index (χ3v) is 7.78. The van der Waals surface area contributed by atoms with Gasteiger partial charge in [-0.1, -0.05) is 39.5 Å². The van der Waals surface area contributed by atoms with Crippen molar-refractivity contribution in [2.24, 2.45) is 0 Å². The first kappa shape index (κ1) is 21.8. The van der Waals surface area contributed by atoms with Gasteiger partial charge >= 0.3 is 0 Å². The molecule has 1 N–H and O–H groups in total. The lowest BCUT2D eigenvalue weighted by atomic mass is 10.1. The Bertz CT molecular complexity index is 959. The fourth-order valence-electron chi connectivity index (χ4n) is 4.03. The predicted octanol–water partition coefficient (Wildman–Crippen LogP) is 4.61. The van der Waals surface area contributed by atoms with Crippen molar-refractivity contribution >= 4 is 26.9 Å². The highest BCUT2D eigenvalue weighted by Crippen LogP contribution is 2.29. The number of nitrogens with zero attached hydrogens (tertiary/aromatic N) is 1. The van der Waals surface area contributed by atoms with Gasteiger partial charge in [-0.05, 0) is 44.4 Å². The maximum Gasteiger partial charge on any atom is 0.287 e. The molecule has 2 aromatic rings. The van der Waals surface area contributed by atoms with E-state index in [1.165, 1.54) is 4.31 Å². The second-order valence-electron chi connectivity index (χ2n) is 7.87. The lowest BCUT2D eigenvalue weighted by Crippen LogP contribution is -2.32. The summed E-state index contributed by atoms with van der Waals surface area (Å²) in [6.45, 7) is 6.72. The normalized spacial score (nSPS) is 15.4. The third-order valence-electron chi connectivity index (χ3n) is 5.81. The van der Waals surface area contributed by atoms with Crippen molar-refractivity contribution in [3.8, 4) is 0 Å². The van der Waals surface area contributed by atoms with Crippen LogP contribution >= 0.6 is 0 Å². The average Bonchev–Trinajstić information content (AvgIpc) is 3.32. The molecule has 29 heavy (non-hydrogen) atoms. The number of carbonyl (C=O) groups is 1. The molecule has 0 unspecified atom stereocenters. The minimum Gasteiger partial charge on any atom is -0.451 e. The van der Waals surface area contributed by atoms with Crippen molar-refractivity contribution < 1.29 is 17.6 Å². The number of carbonyl (C=O) groups excluding carboxylic acids is 1. The molecule has 0 aliphatic heterocycles. The average molecular weight is 421 g/mol. The second kappa shape index (κ2) is 9.30. The lowest BCUT2D eigenvalue weighted by Gasteiger charge is -2.20. The van der Waals surface area contributed by atoms with Crippen LogP contribution in [0.15, 0.2) is 27.5 Å². The van der Waals surface area contributed by atoms with Crippen molar-refractivity contribution in [1.29, 1.82) is 0 Å². The molecule has 1 fully saturated rings. The molecular weight excluding hydrogens is 388 g/mol. The van der Waals surface area contributed by atoms with E-state index in [0.717, 1.165) is 44.9 Å². The number of benzene rings is 1. The van der Waals surface area contributed by atoms with Crippen LogP contribution in [0.25, 0.3) is 11.0 Å². The molecular formula is C22H32N2O4S. The van der Waals surface area contributed by atoms with Gasteiger partial charge in [-0.3, -0.25) is 4.79 Å². The van der Waals surface area contributed by atoms with Gasteiger partial charge in [0.1, 0.15) is 5.58 Å². The van der Waals surface area contributed by atoms with Gasteiger partial charge < -0.3 is 9.73 Å². The molecule has 1 aromatic heterocycles. The zero-order valence-corrected chi connectivity index (χ0v) is 18.5. The second-order valence-corrected chi connectivity index (χ2v) is 9.81. The molecule has 1 aliphatic carbocycles. The molecule has 0 radical (unpaired) electrons.